The Hall–Kier alpha value is -3.05. The van der Waals surface area contributed by atoms with Crippen molar-refractivity contribution in [3.05, 3.63) is 90.0 Å². The molecule has 0 spiro atoms. The molecule has 1 heterocycles. The monoisotopic (exact) mass is 402 g/mol. The first-order chi connectivity index (χ1) is 14.2. The zero-order chi connectivity index (χ0) is 20.1. The third-order valence-corrected chi connectivity index (χ3v) is 5.95. The zero-order valence-electron chi connectivity index (χ0n) is 16.0. The molecule has 0 unspecified atom stereocenters. The van der Waals surface area contributed by atoms with Crippen molar-refractivity contribution in [1.82, 2.24) is 4.90 Å². The van der Waals surface area contributed by atoms with Crippen LogP contribution in [0.2, 0.25) is 0 Å². The van der Waals surface area contributed by atoms with Gasteiger partial charge in [0, 0.05) is 34.9 Å². The molecular formula is C24H22N2O2S. The first-order valence-corrected chi connectivity index (χ1v) is 10.5. The van der Waals surface area contributed by atoms with Gasteiger partial charge < -0.3 is 10.2 Å². The number of likely N-dealkylation sites (tertiary alicyclic amines) is 1. The third kappa shape index (κ3) is 4.87. The molecule has 0 bridgehead atoms. The van der Waals surface area contributed by atoms with Crippen LogP contribution in [0, 0.1) is 0 Å². The molecule has 0 aromatic heterocycles. The first-order valence-electron chi connectivity index (χ1n) is 9.69. The van der Waals surface area contributed by atoms with Crippen LogP contribution in [0.5, 0.6) is 0 Å². The molecule has 3 aromatic rings. The summed E-state index contributed by atoms with van der Waals surface area (Å²) in [6, 6.07) is 25.4. The van der Waals surface area contributed by atoms with Crippen LogP contribution >= 0.6 is 11.8 Å². The number of carbonyl (C=O) groups excluding carboxylic acids is 2. The molecule has 4 rings (SSSR count). The van der Waals surface area contributed by atoms with Crippen molar-refractivity contribution in [3.8, 4) is 0 Å². The van der Waals surface area contributed by atoms with Crippen LogP contribution < -0.4 is 5.32 Å². The smallest absolute Gasteiger partial charge is 0.255 e. The van der Waals surface area contributed by atoms with Crippen LogP contribution in [0.25, 0.3) is 0 Å². The van der Waals surface area contributed by atoms with E-state index in [0.29, 0.717) is 18.5 Å². The fourth-order valence-electron chi connectivity index (χ4n) is 3.32. The topological polar surface area (TPSA) is 49.4 Å². The van der Waals surface area contributed by atoms with Crippen molar-refractivity contribution < 1.29 is 9.59 Å². The van der Waals surface area contributed by atoms with Gasteiger partial charge in [-0.3, -0.25) is 9.59 Å². The highest BCUT2D eigenvalue weighted by Gasteiger charge is 2.20. The molecule has 1 aliphatic rings. The summed E-state index contributed by atoms with van der Waals surface area (Å²) in [5.41, 5.74) is 2.43. The second-order valence-corrected chi connectivity index (χ2v) is 8.10. The average Bonchev–Trinajstić information content (AvgIpc) is 3.15. The van der Waals surface area contributed by atoms with E-state index in [-0.39, 0.29) is 11.8 Å². The zero-order valence-corrected chi connectivity index (χ0v) is 16.8. The Kier molecular flexibility index (Phi) is 5.96. The fourth-order valence-corrected chi connectivity index (χ4v) is 4.24. The summed E-state index contributed by atoms with van der Waals surface area (Å²) in [5, 5.41) is 3.02. The minimum absolute atomic E-state index is 0.144. The lowest BCUT2D eigenvalue weighted by Gasteiger charge is -2.15. The van der Waals surface area contributed by atoms with Crippen LogP contribution in [0.15, 0.2) is 88.7 Å². The number of carbonyl (C=O) groups is 2. The molecule has 4 nitrogen and oxygen atoms in total. The number of hydrogen-bond donors (Lipinski definition) is 1. The molecule has 1 saturated heterocycles. The van der Waals surface area contributed by atoms with Crippen LogP contribution in [0.4, 0.5) is 5.69 Å². The summed E-state index contributed by atoms with van der Waals surface area (Å²) in [4.78, 5) is 28.5. The Morgan fingerprint density at radius 3 is 2.38 bits per heavy atom. The Bertz CT molecular complexity index is 1000. The molecule has 0 radical (unpaired) electrons. The van der Waals surface area contributed by atoms with E-state index in [1.807, 2.05) is 83.8 Å². The van der Waals surface area contributed by atoms with E-state index in [9.17, 15) is 9.59 Å². The maximum Gasteiger partial charge on any atom is 0.255 e. The Labute approximate surface area is 174 Å². The van der Waals surface area contributed by atoms with Crippen molar-refractivity contribution in [2.24, 2.45) is 0 Å². The summed E-state index contributed by atoms with van der Waals surface area (Å²) >= 11 is 1.62. The molecule has 3 aromatic carbocycles. The van der Waals surface area contributed by atoms with E-state index in [1.54, 1.807) is 11.8 Å². The lowest BCUT2D eigenvalue weighted by Crippen LogP contribution is -2.23. The summed E-state index contributed by atoms with van der Waals surface area (Å²) in [6.07, 6.45) is 1.57. The van der Waals surface area contributed by atoms with E-state index >= 15 is 0 Å². The summed E-state index contributed by atoms with van der Waals surface area (Å²) in [7, 11) is 0. The van der Waals surface area contributed by atoms with Crippen molar-refractivity contribution in [1.29, 1.82) is 0 Å². The highest BCUT2D eigenvalue weighted by molar-refractivity contribution is 7.99. The van der Waals surface area contributed by atoms with Crippen LogP contribution in [-0.4, -0.2) is 23.3 Å². The molecule has 0 saturated carbocycles. The standard InChI is InChI=1S/C24H22N2O2S/c27-23-11-6-16-26(23)17-18-12-14-19(15-13-18)24(28)25-21-9-4-5-10-22(21)29-20-7-2-1-3-8-20/h1-5,7-10,12-15H,6,11,16-17H2,(H,25,28). The second-order valence-electron chi connectivity index (χ2n) is 6.98. The average molecular weight is 403 g/mol. The fraction of sp³-hybridized carbons (Fsp3) is 0.167. The van der Waals surface area contributed by atoms with Gasteiger partial charge in [-0.2, -0.15) is 0 Å². The highest BCUT2D eigenvalue weighted by atomic mass is 32.2. The van der Waals surface area contributed by atoms with Crippen molar-refractivity contribution in [2.45, 2.75) is 29.2 Å². The van der Waals surface area contributed by atoms with Crippen molar-refractivity contribution in [2.75, 3.05) is 11.9 Å². The molecular weight excluding hydrogens is 380 g/mol. The van der Waals surface area contributed by atoms with E-state index in [1.165, 1.54) is 0 Å². The van der Waals surface area contributed by atoms with Gasteiger partial charge in [0.05, 0.1) is 5.69 Å². The van der Waals surface area contributed by atoms with Crippen LogP contribution in [0.1, 0.15) is 28.8 Å². The van der Waals surface area contributed by atoms with Crippen molar-refractivity contribution in [3.63, 3.8) is 0 Å². The highest BCUT2D eigenvalue weighted by Crippen LogP contribution is 2.33. The van der Waals surface area contributed by atoms with E-state index in [0.717, 1.165) is 34.0 Å². The molecule has 0 aliphatic carbocycles. The number of nitrogens with zero attached hydrogens (tertiary/aromatic N) is 1. The third-order valence-electron chi connectivity index (χ3n) is 4.87. The maximum atomic E-state index is 12.7. The Morgan fingerprint density at radius 2 is 1.66 bits per heavy atom. The molecule has 146 valence electrons. The van der Waals surface area contributed by atoms with Crippen LogP contribution in [0.3, 0.4) is 0 Å². The summed E-state index contributed by atoms with van der Waals surface area (Å²) in [5.74, 6) is 0.0641. The molecule has 5 heteroatoms. The number of para-hydroxylation sites is 1. The number of hydrogen-bond acceptors (Lipinski definition) is 3. The Morgan fingerprint density at radius 1 is 0.931 bits per heavy atom. The number of rotatable bonds is 6. The maximum absolute atomic E-state index is 12.7. The number of benzene rings is 3. The molecule has 1 fully saturated rings. The minimum atomic E-state index is -0.144. The summed E-state index contributed by atoms with van der Waals surface area (Å²) < 4.78 is 0. The van der Waals surface area contributed by atoms with E-state index in [4.69, 9.17) is 0 Å². The lowest BCUT2D eigenvalue weighted by molar-refractivity contribution is -0.128. The van der Waals surface area contributed by atoms with Gasteiger partial charge in [-0.25, -0.2) is 0 Å². The van der Waals surface area contributed by atoms with E-state index < -0.39 is 0 Å². The molecule has 1 N–H and O–H groups in total. The van der Waals surface area contributed by atoms with Gasteiger partial charge in [-0.1, -0.05) is 54.2 Å². The van der Waals surface area contributed by atoms with Crippen LogP contribution in [-0.2, 0) is 11.3 Å². The van der Waals surface area contributed by atoms with Gasteiger partial charge in [-0.05, 0) is 48.4 Å². The normalized spacial score (nSPS) is 13.5. The lowest BCUT2D eigenvalue weighted by atomic mass is 10.1. The molecule has 29 heavy (non-hydrogen) atoms. The van der Waals surface area contributed by atoms with Gasteiger partial charge in [0.2, 0.25) is 5.91 Å². The summed E-state index contributed by atoms with van der Waals surface area (Å²) in [6.45, 7) is 1.42. The molecule has 1 aliphatic heterocycles. The largest absolute Gasteiger partial charge is 0.338 e. The number of amides is 2. The first kappa shape index (κ1) is 19.3. The molecule has 0 atom stereocenters. The number of nitrogens with one attached hydrogen (secondary N) is 1. The van der Waals surface area contributed by atoms with Gasteiger partial charge in [0.25, 0.3) is 5.91 Å². The quantitative estimate of drug-likeness (QED) is 0.616. The Balaban J connectivity index is 1.43. The molecule has 2 amide bonds. The van der Waals surface area contributed by atoms with Gasteiger partial charge in [0.1, 0.15) is 0 Å². The van der Waals surface area contributed by atoms with Crippen molar-refractivity contribution >= 4 is 29.3 Å². The van der Waals surface area contributed by atoms with Gasteiger partial charge in [-0.15, -0.1) is 0 Å². The SMILES string of the molecule is O=C(Nc1ccccc1Sc1ccccc1)c1ccc(CN2CCCC2=O)cc1. The number of anilines is 1. The predicted octanol–water partition coefficient (Wildman–Crippen LogP) is 5.21. The van der Waals surface area contributed by atoms with E-state index in [2.05, 4.69) is 5.32 Å². The minimum Gasteiger partial charge on any atom is -0.338 e. The second kappa shape index (κ2) is 8.97. The van der Waals surface area contributed by atoms with Gasteiger partial charge in [0.15, 0.2) is 0 Å². The predicted molar refractivity (Wildman–Crippen MR) is 116 cm³/mol. The van der Waals surface area contributed by atoms with Gasteiger partial charge >= 0.3 is 0 Å².